The van der Waals surface area contributed by atoms with Crippen molar-refractivity contribution < 1.29 is 14.4 Å². The van der Waals surface area contributed by atoms with Crippen molar-refractivity contribution in [2.24, 2.45) is 0 Å². The maximum atomic E-state index is 13.2. The Bertz CT molecular complexity index is 1220. The van der Waals surface area contributed by atoms with Crippen LogP contribution in [0.2, 0.25) is 0 Å². The molecule has 2 aliphatic rings. The summed E-state index contributed by atoms with van der Waals surface area (Å²) < 4.78 is 0. The largest absolute Gasteiger partial charge is 0.398 e. The van der Waals surface area contributed by atoms with Crippen molar-refractivity contribution in [3.8, 4) is 0 Å². The van der Waals surface area contributed by atoms with Gasteiger partial charge in [0, 0.05) is 27.8 Å². The van der Waals surface area contributed by atoms with E-state index in [0.717, 1.165) is 0 Å². The number of nitrogen functional groups attached to an aromatic ring is 1. The number of benzene rings is 3. The maximum absolute atomic E-state index is 13.2. The number of hydrogen-bond acceptors (Lipinski definition) is 4. The van der Waals surface area contributed by atoms with Crippen LogP contribution in [0.5, 0.6) is 0 Å². The molecule has 4 nitrogen and oxygen atoms in total. The fraction of sp³-hybridized carbons (Fsp3) is 0.222. The van der Waals surface area contributed by atoms with Crippen molar-refractivity contribution in [1.29, 1.82) is 0 Å². The molecular weight excluding hydrogens is 386 g/mol. The number of nitrogens with two attached hydrogens (primary N) is 1. The van der Waals surface area contributed by atoms with Crippen LogP contribution in [0, 0.1) is 0 Å². The Labute approximate surface area is 181 Å². The van der Waals surface area contributed by atoms with E-state index in [0.29, 0.717) is 22.6 Å². The van der Waals surface area contributed by atoms with Crippen LogP contribution in [0.4, 0.5) is 5.69 Å². The molecule has 0 unspecified atom stereocenters. The molecule has 4 heteroatoms. The molecule has 0 saturated heterocycles. The molecule has 1 fully saturated rings. The van der Waals surface area contributed by atoms with Crippen LogP contribution in [0.3, 0.4) is 0 Å². The van der Waals surface area contributed by atoms with Crippen molar-refractivity contribution >= 4 is 23.0 Å². The van der Waals surface area contributed by atoms with E-state index in [-0.39, 0.29) is 39.7 Å². The Morgan fingerprint density at radius 1 is 0.742 bits per heavy atom. The lowest BCUT2D eigenvalue weighted by Crippen LogP contribution is -2.23. The topological polar surface area (TPSA) is 77.2 Å². The van der Waals surface area contributed by atoms with Gasteiger partial charge in [-0.15, -0.1) is 0 Å². The molecule has 0 heterocycles. The Morgan fingerprint density at radius 2 is 1.39 bits per heavy atom. The molecule has 0 bridgehead atoms. The van der Waals surface area contributed by atoms with Crippen molar-refractivity contribution in [1.82, 2.24) is 0 Å². The lowest BCUT2D eigenvalue weighted by atomic mass is 9.81. The minimum absolute atomic E-state index is 0.0757. The first-order valence-corrected chi connectivity index (χ1v) is 10.8. The summed E-state index contributed by atoms with van der Waals surface area (Å²) in [5.74, 6) is -0.234. The Balaban J connectivity index is 1.49. The minimum Gasteiger partial charge on any atom is -0.398 e. The fourth-order valence-electron chi connectivity index (χ4n) is 4.91. The molecular formula is C27H23NO3. The van der Waals surface area contributed by atoms with E-state index < -0.39 is 0 Å². The zero-order valence-corrected chi connectivity index (χ0v) is 17.2. The fourth-order valence-corrected chi connectivity index (χ4v) is 4.91. The standard InChI is InChI=1S/C27H23NO3/c28-24-22(25(29)18-12-10-17(11-13-18)16-6-2-1-3-7-16)15-14-21-23(24)27(31)20-9-5-4-8-19(20)26(21)30/h4-5,8-16H,1-3,6-7,28H2. The van der Waals surface area contributed by atoms with Gasteiger partial charge in [0.2, 0.25) is 0 Å². The van der Waals surface area contributed by atoms with E-state index in [4.69, 9.17) is 5.73 Å². The lowest BCUT2D eigenvalue weighted by Gasteiger charge is -2.22. The average Bonchev–Trinajstić information content (AvgIpc) is 2.82. The number of anilines is 1. The Hall–Kier alpha value is -3.53. The maximum Gasteiger partial charge on any atom is 0.196 e. The third-order valence-electron chi connectivity index (χ3n) is 6.63. The molecule has 1 saturated carbocycles. The van der Waals surface area contributed by atoms with Gasteiger partial charge in [-0.05, 0) is 36.5 Å². The van der Waals surface area contributed by atoms with Gasteiger partial charge in [0.15, 0.2) is 17.3 Å². The summed E-state index contributed by atoms with van der Waals surface area (Å²) in [5, 5.41) is 0. The minimum atomic E-state index is -0.315. The first-order valence-electron chi connectivity index (χ1n) is 10.8. The highest BCUT2D eigenvalue weighted by Gasteiger charge is 2.32. The van der Waals surface area contributed by atoms with E-state index >= 15 is 0 Å². The Morgan fingerprint density at radius 3 is 2.06 bits per heavy atom. The molecule has 0 aromatic heterocycles. The van der Waals surface area contributed by atoms with E-state index in [9.17, 15) is 14.4 Å². The van der Waals surface area contributed by atoms with Gasteiger partial charge < -0.3 is 5.73 Å². The molecule has 2 aliphatic carbocycles. The van der Waals surface area contributed by atoms with Crippen molar-refractivity contribution in [3.63, 3.8) is 0 Å². The molecule has 0 spiro atoms. The second-order valence-electron chi connectivity index (χ2n) is 8.44. The first kappa shape index (κ1) is 19.4. The predicted octanol–water partition coefficient (Wildman–Crippen LogP) is 5.32. The zero-order chi connectivity index (χ0) is 21.5. The van der Waals surface area contributed by atoms with Crippen molar-refractivity contribution in [2.45, 2.75) is 38.0 Å². The number of fused-ring (bicyclic) bond motifs is 2. The second-order valence-corrected chi connectivity index (χ2v) is 8.44. The molecule has 3 aromatic carbocycles. The number of carbonyl (C=O) groups is 3. The summed E-state index contributed by atoms with van der Waals surface area (Å²) in [6.07, 6.45) is 6.21. The van der Waals surface area contributed by atoms with Gasteiger partial charge in [0.05, 0.1) is 11.3 Å². The summed E-state index contributed by atoms with van der Waals surface area (Å²) in [5.41, 5.74) is 9.52. The zero-order valence-electron chi connectivity index (χ0n) is 17.2. The normalized spacial score (nSPS) is 16.0. The molecule has 0 atom stereocenters. The van der Waals surface area contributed by atoms with Gasteiger partial charge in [0.1, 0.15) is 0 Å². The van der Waals surface area contributed by atoms with Crippen LogP contribution in [-0.4, -0.2) is 17.3 Å². The van der Waals surface area contributed by atoms with Gasteiger partial charge >= 0.3 is 0 Å². The van der Waals surface area contributed by atoms with Crippen molar-refractivity contribution in [2.75, 3.05) is 5.73 Å². The summed E-state index contributed by atoms with van der Waals surface area (Å²) in [6, 6.07) is 17.6. The van der Waals surface area contributed by atoms with Crippen LogP contribution < -0.4 is 5.73 Å². The highest BCUT2D eigenvalue weighted by Crippen LogP contribution is 2.35. The average molecular weight is 409 g/mol. The molecule has 2 N–H and O–H groups in total. The number of rotatable bonds is 3. The molecule has 3 aromatic rings. The second kappa shape index (κ2) is 7.62. The summed E-state index contributed by atoms with van der Waals surface area (Å²) >= 11 is 0. The Kier molecular flexibility index (Phi) is 4.78. The van der Waals surface area contributed by atoms with Crippen LogP contribution in [0.1, 0.15) is 91.3 Å². The predicted molar refractivity (Wildman–Crippen MR) is 120 cm³/mol. The molecule has 0 amide bonds. The van der Waals surface area contributed by atoms with E-state index in [1.165, 1.54) is 37.7 Å². The van der Waals surface area contributed by atoms with E-state index in [1.54, 1.807) is 36.4 Å². The highest BCUT2D eigenvalue weighted by molar-refractivity contribution is 6.31. The van der Waals surface area contributed by atoms with Gasteiger partial charge in [-0.3, -0.25) is 14.4 Å². The van der Waals surface area contributed by atoms with Crippen LogP contribution >= 0.6 is 0 Å². The van der Waals surface area contributed by atoms with Gasteiger partial charge in [-0.1, -0.05) is 67.8 Å². The SMILES string of the molecule is Nc1c(C(=O)c2ccc(C3CCCCC3)cc2)ccc2c1C(=O)c1ccccc1C2=O. The number of hydrogen-bond donors (Lipinski definition) is 1. The van der Waals surface area contributed by atoms with Gasteiger partial charge in [0.25, 0.3) is 0 Å². The summed E-state index contributed by atoms with van der Waals surface area (Å²) in [7, 11) is 0. The molecule has 154 valence electrons. The quantitative estimate of drug-likeness (QED) is 0.367. The van der Waals surface area contributed by atoms with Crippen molar-refractivity contribution in [3.05, 3.63) is 99.6 Å². The monoisotopic (exact) mass is 409 g/mol. The smallest absolute Gasteiger partial charge is 0.196 e. The number of carbonyl (C=O) groups excluding carboxylic acids is 3. The molecule has 31 heavy (non-hydrogen) atoms. The molecule has 0 aliphatic heterocycles. The molecule has 0 radical (unpaired) electrons. The van der Waals surface area contributed by atoms with Gasteiger partial charge in [-0.25, -0.2) is 0 Å². The van der Waals surface area contributed by atoms with E-state index in [1.807, 2.05) is 24.3 Å². The van der Waals surface area contributed by atoms with Crippen LogP contribution in [0.25, 0.3) is 0 Å². The third-order valence-corrected chi connectivity index (χ3v) is 6.63. The summed E-state index contributed by atoms with van der Waals surface area (Å²) in [6.45, 7) is 0. The van der Waals surface area contributed by atoms with E-state index in [2.05, 4.69) is 0 Å². The lowest BCUT2D eigenvalue weighted by molar-refractivity contribution is 0.0979. The number of ketones is 3. The first-order chi connectivity index (χ1) is 15.1. The van der Waals surface area contributed by atoms with Crippen LogP contribution in [0.15, 0.2) is 60.7 Å². The third kappa shape index (κ3) is 3.19. The highest BCUT2D eigenvalue weighted by atomic mass is 16.1. The van der Waals surface area contributed by atoms with Crippen LogP contribution in [-0.2, 0) is 0 Å². The van der Waals surface area contributed by atoms with Gasteiger partial charge in [-0.2, -0.15) is 0 Å². The summed E-state index contributed by atoms with van der Waals surface area (Å²) in [4.78, 5) is 39.1. The molecule has 5 rings (SSSR count).